The Labute approximate surface area is 316 Å². The fraction of sp³-hybridized carbons (Fsp3) is 0. The second-order valence-corrected chi connectivity index (χ2v) is 14.0. The van der Waals surface area contributed by atoms with Crippen LogP contribution < -0.4 is 0 Å². The van der Waals surface area contributed by atoms with Crippen molar-refractivity contribution >= 4 is 65.4 Å². The van der Waals surface area contributed by atoms with E-state index in [1.165, 1.54) is 10.8 Å². The number of fused-ring (bicyclic) bond motifs is 9. The van der Waals surface area contributed by atoms with Crippen molar-refractivity contribution in [2.45, 2.75) is 0 Å². The van der Waals surface area contributed by atoms with E-state index in [0.29, 0.717) is 11.1 Å². The predicted octanol–water partition coefficient (Wildman–Crippen LogP) is 12.4. The summed E-state index contributed by atoms with van der Waals surface area (Å²) >= 11 is 0. The fourth-order valence-corrected chi connectivity index (χ4v) is 8.83. The summed E-state index contributed by atoms with van der Waals surface area (Å²) in [5.74, 6) is 0. The van der Waals surface area contributed by atoms with E-state index in [0.717, 1.165) is 82.8 Å². The monoisotopic (exact) mass is 699 g/mol. The van der Waals surface area contributed by atoms with E-state index >= 15 is 0 Å². The van der Waals surface area contributed by atoms with Gasteiger partial charge in [0.25, 0.3) is 0 Å². The normalized spacial score (nSPS) is 11.6. The third kappa shape index (κ3) is 4.39. The average Bonchev–Trinajstić information content (AvgIpc) is 3.88. The summed E-state index contributed by atoms with van der Waals surface area (Å²) in [6.45, 7) is 0. The van der Waals surface area contributed by atoms with E-state index in [-0.39, 0.29) is 0 Å². The Balaban J connectivity index is 1.20. The fourth-order valence-electron chi connectivity index (χ4n) is 8.83. The standard InChI is InChI=1S/C50H29N5/c51-30-32-24-26-40-37-15-3-8-21-45(37)54(49(40)28-32)46-22-9-4-16-38(46)41-18-11-12-33(31-52)50(41)55-47-23-10-5-17-39(47)42-29-34(25-27-48(42)55)53-43-19-6-1-13-35(43)36-14-2-7-20-44(36)53/h1-29H. The van der Waals surface area contributed by atoms with E-state index in [9.17, 15) is 10.5 Å². The number of hydrogen-bond donors (Lipinski definition) is 0. The van der Waals surface area contributed by atoms with Gasteiger partial charge in [-0.05, 0) is 66.7 Å². The molecule has 5 nitrogen and oxygen atoms in total. The van der Waals surface area contributed by atoms with Crippen LogP contribution in [0.15, 0.2) is 176 Å². The Morgan fingerprint density at radius 3 is 1.53 bits per heavy atom. The van der Waals surface area contributed by atoms with E-state index in [1.54, 1.807) is 0 Å². The van der Waals surface area contributed by atoms with Crippen LogP contribution in [0.2, 0.25) is 0 Å². The van der Waals surface area contributed by atoms with Gasteiger partial charge in [0, 0.05) is 49.1 Å². The van der Waals surface area contributed by atoms with Crippen LogP contribution in [0.5, 0.6) is 0 Å². The molecule has 0 atom stereocenters. The molecule has 0 saturated carbocycles. The Bertz CT molecular complexity index is 3420. The van der Waals surface area contributed by atoms with E-state index < -0.39 is 0 Å². The maximum absolute atomic E-state index is 10.8. The Hall–Kier alpha value is -7.86. The van der Waals surface area contributed by atoms with Crippen LogP contribution in [-0.2, 0) is 0 Å². The molecule has 0 N–H and O–H groups in total. The number of hydrogen-bond acceptors (Lipinski definition) is 2. The van der Waals surface area contributed by atoms with Gasteiger partial charge in [0.05, 0.1) is 61.7 Å². The summed E-state index contributed by atoms with van der Waals surface area (Å²) in [5.41, 5.74) is 12.3. The van der Waals surface area contributed by atoms with Crippen molar-refractivity contribution in [2.75, 3.05) is 0 Å². The number of aromatic nitrogens is 3. The molecule has 55 heavy (non-hydrogen) atoms. The van der Waals surface area contributed by atoms with Gasteiger partial charge in [0.2, 0.25) is 0 Å². The van der Waals surface area contributed by atoms with Gasteiger partial charge in [-0.15, -0.1) is 0 Å². The van der Waals surface area contributed by atoms with Crippen molar-refractivity contribution in [3.05, 3.63) is 187 Å². The lowest BCUT2D eigenvalue weighted by molar-refractivity contribution is 1.15. The zero-order chi connectivity index (χ0) is 36.6. The highest BCUT2D eigenvalue weighted by Crippen LogP contribution is 2.43. The molecule has 0 aliphatic carbocycles. The van der Waals surface area contributed by atoms with Crippen molar-refractivity contribution < 1.29 is 0 Å². The van der Waals surface area contributed by atoms with Crippen LogP contribution in [0.4, 0.5) is 0 Å². The molecule has 0 aliphatic heterocycles. The maximum atomic E-state index is 10.8. The van der Waals surface area contributed by atoms with E-state index in [2.05, 4.69) is 171 Å². The molecule has 11 aromatic rings. The number of rotatable bonds is 4. The molecule has 0 spiro atoms. The molecule has 0 saturated heterocycles. The first-order chi connectivity index (χ1) is 27.2. The summed E-state index contributed by atoms with van der Waals surface area (Å²) in [5, 5.41) is 27.6. The smallest absolute Gasteiger partial charge is 0.101 e. The third-order valence-electron chi connectivity index (χ3n) is 11.1. The minimum absolute atomic E-state index is 0.579. The van der Waals surface area contributed by atoms with Crippen LogP contribution in [0, 0.1) is 22.7 Å². The van der Waals surface area contributed by atoms with Crippen molar-refractivity contribution in [2.24, 2.45) is 0 Å². The van der Waals surface area contributed by atoms with Gasteiger partial charge in [0.15, 0.2) is 0 Å². The largest absolute Gasteiger partial charge is 0.309 e. The maximum Gasteiger partial charge on any atom is 0.101 e. The molecule has 11 rings (SSSR count). The van der Waals surface area contributed by atoms with Gasteiger partial charge in [-0.1, -0.05) is 109 Å². The molecule has 0 fully saturated rings. The minimum atomic E-state index is 0.579. The van der Waals surface area contributed by atoms with Gasteiger partial charge < -0.3 is 13.7 Å². The minimum Gasteiger partial charge on any atom is -0.309 e. The van der Waals surface area contributed by atoms with Crippen molar-refractivity contribution in [1.29, 1.82) is 10.5 Å². The quantitative estimate of drug-likeness (QED) is 0.184. The van der Waals surface area contributed by atoms with Crippen LogP contribution >= 0.6 is 0 Å². The molecular formula is C50H29N5. The van der Waals surface area contributed by atoms with Crippen molar-refractivity contribution in [1.82, 2.24) is 13.7 Å². The van der Waals surface area contributed by atoms with Crippen molar-refractivity contribution in [3.63, 3.8) is 0 Å². The molecular weight excluding hydrogens is 671 g/mol. The van der Waals surface area contributed by atoms with Gasteiger partial charge in [0.1, 0.15) is 6.07 Å². The molecule has 0 radical (unpaired) electrons. The van der Waals surface area contributed by atoms with Gasteiger partial charge in [-0.25, -0.2) is 0 Å². The van der Waals surface area contributed by atoms with E-state index in [4.69, 9.17) is 0 Å². The number of benzene rings is 8. The number of nitriles is 2. The highest BCUT2D eigenvalue weighted by molar-refractivity contribution is 6.13. The molecule has 0 unspecified atom stereocenters. The molecule has 3 aromatic heterocycles. The lowest BCUT2D eigenvalue weighted by Crippen LogP contribution is -2.03. The summed E-state index contributed by atoms with van der Waals surface area (Å²) < 4.78 is 6.88. The second kappa shape index (κ2) is 11.8. The first-order valence-electron chi connectivity index (χ1n) is 18.3. The van der Waals surface area contributed by atoms with Gasteiger partial charge in [-0.3, -0.25) is 0 Å². The van der Waals surface area contributed by atoms with Gasteiger partial charge in [-0.2, -0.15) is 10.5 Å². The van der Waals surface area contributed by atoms with Gasteiger partial charge >= 0.3 is 0 Å². The topological polar surface area (TPSA) is 62.4 Å². The van der Waals surface area contributed by atoms with Crippen LogP contribution in [0.3, 0.4) is 0 Å². The van der Waals surface area contributed by atoms with Crippen LogP contribution in [0.1, 0.15) is 11.1 Å². The Morgan fingerprint density at radius 2 is 0.873 bits per heavy atom. The molecule has 3 heterocycles. The molecule has 5 heteroatoms. The first kappa shape index (κ1) is 30.7. The molecule has 0 bridgehead atoms. The molecule has 8 aromatic carbocycles. The summed E-state index contributed by atoms with van der Waals surface area (Å²) in [7, 11) is 0. The lowest BCUT2D eigenvalue weighted by Gasteiger charge is -2.19. The second-order valence-electron chi connectivity index (χ2n) is 14.0. The first-order valence-corrected chi connectivity index (χ1v) is 18.3. The molecule has 254 valence electrons. The average molecular weight is 700 g/mol. The third-order valence-corrected chi connectivity index (χ3v) is 11.1. The van der Waals surface area contributed by atoms with Crippen LogP contribution in [-0.4, -0.2) is 13.7 Å². The number of nitrogens with zero attached hydrogens (tertiary/aromatic N) is 5. The Morgan fingerprint density at radius 1 is 0.345 bits per heavy atom. The molecule has 0 aliphatic rings. The highest BCUT2D eigenvalue weighted by atomic mass is 15.0. The summed E-state index contributed by atoms with van der Waals surface area (Å²) in [6, 6.07) is 65.9. The zero-order valence-corrected chi connectivity index (χ0v) is 29.5. The lowest BCUT2D eigenvalue weighted by atomic mass is 9.98. The predicted molar refractivity (Wildman–Crippen MR) is 224 cm³/mol. The summed E-state index contributed by atoms with van der Waals surface area (Å²) in [4.78, 5) is 0. The molecule has 0 amide bonds. The Kier molecular flexibility index (Phi) is 6.61. The van der Waals surface area contributed by atoms with E-state index in [1.807, 2.05) is 30.3 Å². The summed E-state index contributed by atoms with van der Waals surface area (Å²) in [6.07, 6.45) is 0. The highest BCUT2D eigenvalue weighted by Gasteiger charge is 2.23. The van der Waals surface area contributed by atoms with Crippen molar-refractivity contribution in [3.8, 4) is 40.3 Å². The SMILES string of the molecule is N#Cc1ccc2c3ccccc3n(-c3ccccc3-c3cccc(C#N)c3-n3c4ccccc4c4cc(-n5c6ccccc6c6ccccc65)ccc43)c2c1. The van der Waals surface area contributed by atoms with Crippen LogP contribution in [0.25, 0.3) is 93.6 Å². The zero-order valence-electron chi connectivity index (χ0n) is 29.5. The number of para-hydroxylation sites is 6.